The fraction of sp³-hybridized carbons (Fsp3) is 0.0870. The van der Waals surface area contributed by atoms with Gasteiger partial charge in [-0.05, 0) is 96.2 Å². The number of ether oxygens (including phenoxy) is 1. The molecule has 0 radical (unpaired) electrons. The van der Waals surface area contributed by atoms with E-state index >= 15 is 0 Å². The SMILES string of the molecule is CCOc1ccc(N=Cc2nc3ccc(I)cc3c(=O)n2-c2ccc(F)cc2)cc1. The van der Waals surface area contributed by atoms with Crippen molar-refractivity contribution in [3.63, 3.8) is 0 Å². The second kappa shape index (κ2) is 8.74. The number of hydrogen-bond donors (Lipinski definition) is 0. The predicted octanol–water partition coefficient (Wildman–Crippen LogP) is 5.28. The Kier molecular flexibility index (Phi) is 5.89. The molecule has 3 aromatic carbocycles. The van der Waals surface area contributed by atoms with Crippen LogP contribution < -0.4 is 10.3 Å². The Bertz CT molecular complexity index is 1280. The van der Waals surface area contributed by atoms with Crippen molar-refractivity contribution in [2.75, 3.05) is 6.61 Å². The standard InChI is InChI=1S/C23H17FIN3O2/c1-2-30-19-10-6-17(7-11-19)26-14-22-27-21-12-5-16(25)13-20(21)23(29)28(22)18-8-3-15(24)4-9-18/h3-14H,2H2,1H3. The highest BCUT2D eigenvalue weighted by molar-refractivity contribution is 14.1. The Balaban J connectivity index is 1.84. The fourth-order valence-electron chi connectivity index (χ4n) is 3.03. The summed E-state index contributed by atoms with van der Waals surface area (Å²) in [5.41, 5.74) is 1.55. The molecule has 0 spiro atoms. The minimum absolute atomic E-state index is 0.238. The van der Waals surface area contributed by atoms with E-state index in [0.29, 0.717) is 34.7 Å². The lowest BCUT2D eigenvalue weighted by molar-refractivity contribution is 0.340. The highest BCUT2D eigenvalue weighted by atomic mass is 127. The van der Waals surface area contributed by atoms with E-state index in [1.165, 1.54) is 22.9 Å². The van der Waals surface area contributed by atoms with Crippen molar-refractivity contribution >= 4 is 45.4 Å². The van der Waals surface area contributed by atoms with Crippen molar-refractivity contribution in [3.8, 4) is 11.4 Å². The zero-order valence-corrected chi connectivity index (χ0v) is 18.2. The van der Waals surface area contributed by atoms with E-state index in [2.05, 4.69) is 32.6 Å². The molecular weight excluding hydrogens is 496 g/mol. The van der Waals surface area contributed by atoms with Gasteiger partial charge in [0.15, 0.2) is 5.82 Å². The first-order valence-corrected chi connectivity index (χ1v) is 10.4. The van der Waals surface area contributed by atoms with Gasteiger partial charge in [0.2, 0.25) is 0 Å². The van der Waals surface area contributed by atoms with Crippen molar-refractivity contribution in [1.82, 2.24) is 9.55 Å². The van der Waals surface area contributed by atoms with Crippen molar-refractivity contribution in [3.05, 3.63) is 92.3 Å². The molecule has 0 aliphatic heterocycles. The van der Waals surface area contributed by atoms with Crippen molar-refractivity contribution < 1.29 is 9.13 Å². The van der Waals surface area contributed by atoms with E-state index in [1.54, 1.807) is 18.2 Å². The maximum Gasteiger partial charge on any atom is 0.266 e. The molecule has 0 saturated carbocycles. The lowest BCUT2D eigenvalue weighted by Gasteiger charge is -2.11. The molecule has 7 heteroatoms. The van der Waals surface area contributed by atoms with E-state index in [9.17, 15) is 9.18 Å². The van der Waals surface area contributed by atoms with Crippen LogP contribution in [0.1, 0.15) is 12.7 Å². The number of nitrogens with zero attached hydrogens (tertiary/aromatic N) is 3. The van der Waals surface area contributed by atoms with Crippen molar-refractivity contribution in [2.45, 2.75) is 6.92 Å². The lowest BCUT2D eigenvalue weighted by Crippen LogP contribution is -2.24. The van der Waals surface area contributed by atoms with Gasteiger partial charge in [-0.2, -0.15) is 0 Å². The summed E-state index contributed by atoms with van der Waals surface area (Å²) in [5, 5.41) is 0.490. The Hall–Kier alpha value is -3.07. The van der Waals surface area contributed by atoms with E-state index < -0.39 is 0 Å². The van der Waals surface area contributed by atoms with Gasteiger partial charge in [0.05, 0.1) is 35.1 Å². The molecule has 0 atom stereocenters. The van der Waals surface area contributed by atoms with Crippen molar-refractivity contribution in [2.24, 2.45) is 4.99 Å². The van der Waals surface area contributed by atoms with E-state index in [0.717, 1.165) is 9.32 Å². The third kappa shape index (κ3) is 4.25. The average Bonchev–Trinajstić information content (AvgIpc) is 2.75. The summed E-state index contributed by atoms with van der Waals surface area (Å²) in [5.74, 6) is 0.743. The van der Waals surface area contributed by atoms with Gasteiger partial charge in [-0.3, -0.25) is 14.4 Å². The van der Waals surface area contributed by atoms with Gasteiger partial charge in [-0.15, -0.1) is 0 Å². The molecular formula is C23H17FIN3O2. The summed E-state index contributed by atoms with van der Waals surface area (Å²) in [7, 11) is 0. The fourth-order valence-corrected chi connectivity index (χ4v) is 3.52. The van der Waals surface area contributed by atoms with Crippen LogP contribution in [0, 0.1) is 9.39 Å². The molecule has 0 aliphatic rings. The van der Waals surface area contributed by atoms with Crippen LogP contribution in [0.3, 0.4) is 0 Å². The number of hydrogen-bond acceptors (Lipinski definition) is 4. The smallest absolute Gasteiger partial charge is 0.266 e. The van der Waals surface area contributed by atoms with Gasteiger partial charge in [0, 0.05) is 3.57 Å². The summed E-state index contributed by atoms with van der Waals surface area (Å²) < 4.78 is 21.2. The van der Waals surface area contributed by atoms with Gasteiger partial charge in [-0.1, -0.05) is 0 Å². The molecule has 0 N–H and O–H groups in total. The molecule has 0 aliphatic carbocycles. The van der Waals surface area contributed by atoms with E-state index in [-0.39, 0.29) is 11.4 Å². The van der Waals surface area contributed by atoms with Crippen LogP contribution in [0.25, 0.3) is 16.6 Å². The van der Waals surface area contributed by atoms with Crippen LogP contribution in [-0.2, 0) is 0 Å². The largest absolute Gasteiger partial charge is 0.494 e. The van der Waals surface area contributed by atoms with E-state index in [4.69, 9.17) is 4.74 Å². The summed E-state index contributed by atoms with van der Waals surface area (Å²) >= 11 is 2.15. The molecule has 4 rings (SSSR count). The molecule has 1 aromatic heterocycles. The number of aliphatic imine (C=N–C) groups is 1. The molecule has 30 heavy (non-hydrogen) atoms. The molecule has 4 aromatic rings. The maximum atomic E-state index is 13.4. The van der Waals surface area contributed by atoms with Crippen LogP contribution in [0.2, 0.25) is 0 Å². The quantitative estimate of drug-likeness (QED) is 0.270. The van der Waals surface area contributed by atoms with Gasteiger partial charge in [0.1, 0.15) is 11.6 Å². The Morgan fingerprint density at radius 2 is 1.83 bits per heavy atom. The molecule has 0 amide bonds. The minimum atomic E-state index is -0.375. The number of rotatable bonds is 5. The lowest BCUT2D eigenvalue weighted by atomic mass is 10.2. The molecule has 0 saturated heterocycles. The van der Waals surface area contributed by atoms with Crippen LogP contribution in [0.15, 0.2) is 76.5 Å². The minimum Gasteiger partial charge on any atom is -0.494 e. The first kappa shape index (κ1) is 20.2. The maximum absolute atomic E-state index is 13.4. The normalized spacial score (nSPS) is 11.3. The molecule has 5 nitrogen and oxygen atoms in total. The van der Waals surface area contributed by atoms with Crippen LogP contribution in [0.4, 0.5) is 10.1 Å². The summed E-state index contributed by atoms with van der Waals surface area (Å²) in [6.45, 7) is 2.51. The molecule has 1 heterocycles. The summed E-state index contributed by atoms with van der Waals surface area (Å²) in [4.78, 5) is 22.4. The number of aromatic nitrogens is 2. The van der Waals surface area contributed by atoms with Gasteiger partial charge in [-0.25, -0.2) is 9.37 Å². The monoisotopic (exact) mass is 513 g/mol. The second-order valence-electron chi connectivity index (χ2n) is 6.43. The molecule has 0 fully saturated rings. The zero-order chi connectivity index (χ0) is 21.1. The Labute approximate surface area is 186 Å². The van der Waals surface area contributed by atoms with Crippen LogP contribution >= 0.6 is 22.6 Å². The number of fused-ring (bicyclic) bond motifs is 1. The molecule has 0 unspecified atom stereocenters. The highest BCUT2D eigenvalue weighted by Crippen LogP contribution is 2.19. The number of benzene rings is 3. The third-order valence-electron chi connectivity index (χ3n) is 4.42. The third-order valence-corrected chi connectivity index (χ3v) is 5.09. The highest BCUT2D eigenvalue weighted by Gasteiger charge is 2.12. The molecule has 0 bridgehead atoms. The topological polar surface area (TPSA) is 56.5 Å². The first-order chi connectivity index (χ1) is 14.5. The van der Waals surface area contributed by atoms with E-state index in [1.807, 2.05) is 43.3 Å². The predicted molar refractivity (Wildman–Crippen MR) is 125 cm³/mol. The summed E-state index contributed by atoms with van der Waals surface area (Å²) in [6, 6.07) is 18.5. The Morgan fingerprint density at radius 3 is 2.53 bits per heavy atom. The van der Waals surface area contributed by atoms with Crippen molar-refractivity contribution in [1.29, 1.82) is 0 Å². The average molecular weight is 513 g/mol. The number of halogens is 2. The molecule has 150 valence electrons. The first-order valence-electron chi connectivity index (χ1n) is 9.30. The van der Waals surface area contributed by atoms with Gasteiger partial charge >= 0.3 is 0 Å². The zero-order valence-electron chi connectivity index (χ0n) is 16.0. The van der Waals surface area contributed by atoms with Crippen LogP contribution in [-0.4, -0.2) is 22.4 Å². The second-order valence-corrected chi connectivity index (χ2v) is 7.68. The van der Waals surface area contributed by atoms with Gasteiger partial charge < -0.3 is 4.74 Å². The summed E-state index contributed by atoms with van der Waals surface area (Å²) in [6.07, 6.45) is 1.54. The Morgan fingerprint density at radius 1 is 1.10 bits per heavy atom. The van der Waals surface area contributed by atoms with Crippen LogP contribution in [0.5, 0.6) is 5.75 Å². The van der Waals surface area contributed by atoms with Gasteiger partial charge in [0.25, 0.3) is 5.56 Å².